The van der Waals surface area contributed by atoms with E-state index in [9.17, 15) is 22.4 Å². The topological polar surface area (TPSA) is 90.0 Å². The van der Waals surface area contributed by atoms with E-state index in [4.69, 9.17) is 0 Å². The molecule has 0 atom stereocenters. The van der Waals surface area contributed by atoms with E-state index in [1.54, 1.807) is 4.90 Å². The lowest BCUT2D eigenvalue weighted by atomic mass is 10.1. The van der Waals surface area contributed by atoms with Crippen LogP contribution in [0, 0.1) is 5.82 Å². The summed E-state index contributed by atoms with van der Waals surface area (Å²) in [6.45, 7) is 7.63. The summed E-state index contributed by atoms with van der Waals surface area (Å²) >= 11 is 0. The normalized spacial score (nSPS) is 16.1. The molecule has 0 aliphatic carbocycles. The van der Waals surface area contributed by atoms with Gasteiger partial charge in [0.25, 0.3) is 0 Å². The summed E-state index contributed by atoms with van der Waals surface area (Å²) < 4.78 is 39.0. The van der Waals surface area contributed by atoms with Crippen LogP contribution in [0.15, 0.2) is 29.2 Å². The van der Waals surface area contributed by atoms with Crippen LogP contribution in [0.25, 0.3) is 0 Å². The number of amides is 2. The molecular weight excluding hydrogens is 399 g/mol. The Morgan fingerprint density at radius 2 is 1.66 bits per heavy atom. The van der Waals surface area contributed by atoms with Crippen molar-refractivity contribution in [2.24, 2.45) is 0 Å². The van der Waals surface area contributed by atoms with E-state index in [0.717, 1.165) is 16.4 Å². The Balaban J connectivity index is 1.86. The van der Waals surface area contributed by atoms with E-state index in [1.165, 1.54) is 19.2 Å². The van der Waals surface area contributed by atoms with Gasteiger partial charge < -0.3 is 10.2 Å². The van der Waals surface area contributed by atoms with Crippen molar-refractivity contribution in [1.29, 1.82) is 0 Å². The third-order valence-electron chi connectivity index (χ3n) is 4.49. The second-order valence-corrected chi connectivity index (χ2v) is 10.2. The third-order valence-corrected chi connectivity index (χ3v) is 6.30. The number of carbonyl (C=O) groups is 2. The molecule has 0 aromatic heterocycles. The van der Waals surface area contributed by atoms with Gasteiger partial charge in [-0.2, -0.15) is 4.31 Å². The third kappa shape index (κ3) is 6.76. The fraction of sp³-hybridized carbons (Fsp3) is 0.579. The summed E-state index contributed by atoms with van der Waals surface area (Å²) in [5.74, 6) is -0.906. The van der Waals surface area contributed by atoms with Crippen LogP contribution in [0.2, 0.25) is 0 Å². The Hall–Kier alpha value is -2.04. The molecule has 1 aliphatic heterocycles. The van der Waals surface area contributed by atoms with Gasteiger partial charge in [-0.25, -0.2) is 12.8 Å². The molecular formula is C19H29FN4O4S. The van der Waals surface area contributed by atoms with Gasteiger partial charge in [-0.1, -0.05) is 0 Å². The van der Waals surface area contributed by atoms with Crippen LogP contribution in [0.1, 0.15) is 20.8 Å². The molecule has 1 aromatic carbocycles. The van der Waals surface area contributed by atoms with Gasteiger partial charge in [-0.05, 0) is 45.0 Å². The summed E-state index contributed by atoms with van der Waals surface area (Å²) in [6, 6.07) is 4.48. The van der Waals surface area contributed by atoms with Crippen LogP contribution in [0.3, 0.4) is 0 Å². The van der Waals surface area contributed by atoms with Gasteiger partial charge in [-0.15, -0.1) is 0 Å². The van der Waals surface area contributed by atoms with Crippen LogP contribution < -0.4 is 5.32 Å². The number of hydrogen-bond donors (Lipinski definition) is 1. The van der Waals surface area contributed by atoms with Gasteiger partial charge in [0.2, 0.25) is 21.8 Å². The first kappa shape index (κ1) is 23.2. The lowest BCUT2D eigenvalue weighted by molar-refractivity contribution is -0.133. The summed E-state index contributed by atoms with van der Waals surface area (Å²) in [5.41, 5.74) is -0.296. The molecule has 2 amide bonds. The molecule has 1 saturated heterocycles. The number of hydrogen-bond acceptors (Lipinski definition) is 5. The monoisotopic (exact) mass is 428 g/mol. The Labute approximate surface area is 171 Å². The molecule has 1 heterocycles. The fourth-order valence-corrected chi connectivity index (χ4v) is 4.10. The molecule has 0 unspecified atom stereocenters. The van der Waals surface area contributed by atoms with Crippen molar-refractivity contribution in [3.05, 3.63) is 30.1 Å². The second kappa shape index (κ2) is 9.19. The van der Waals surface area contributed by atoms with Gasteiger partial charge >= 0.3 is 0 Å². The maximum Gasteiger partial charge on any atom is 0.243 e. The van der Waals surface area contributed by atoms with Crippen molar-refractivity contribution in [2.75, 3.05) is 46.3 Å². The average molecular weight is 429 g/mol. The molecule has 29 heavy (non-hydrogen) atoms. The number of carbonyl (C=O) groups excluding carboxylic acids is 2. The van der Waals surface area contributed by atoms with E-state index in [1.807, 2.05) is 25.7 Å². The lowest BCUT2D eigenvalue weighted by Crippen LogP contribution is -2.54. The highest BCUT2D eigenvalue weighted by Gasteiger charge is 2.28. The molecule has 1 fully saturated rings. The molecule has 8 nitrogen and oxygen atoms in total. The first-order valence-corrected chi connectivity index (χ1v) is 10.9. The summed E-state index contributed by atoms with van der Waals surface area (Å²) in [5, 5.41) is 2.90. The highest BCUT2D eigenvalue weighted by atomic mass is 32.2. The molecule has 1 N–H and O–H groups in total. The molecule has 0 bridgehead atoms. The van der Waals surface area contributed by atoms with E-state index in [-0.39, 0.29) is 35.3 Å². The summed E-state index contributed by atoms with van der Waals surface area (Å²) in [4.78, 5) is 28.0. The molecule has 0 spiro atoms. The van der Waals surface area contributed by atoms with Crippen LogP contribution in [-0.4, -0.2) is 86.2 Å². The highest BCUT2D eigenvalue weighted by molar-refractivity contribution is 7.89. The molecule has 1 aromatic rings. The number of sulfonamides is 1. The number of halogens is 1. The molecule has 0 radical (unpaired) electrons. The second-order valence-electron chi connectivity index (χ2n) is 8.17. The first-order chi connectivity index (χ1) is 13.4. The Morgan fingerprint density at radius 3 is 2.17 bits per heavy atom. The summed E-state index contributed by atoms with van der Waals surface area (Å²) in [7, 11) is -2.55. The smallest absolute Gasteiger partial charge is 0.243 e. The van der Waals surface area contributed by atoms with Gasteiger partial charge in [0.15, 0.2) is 0 Å². The van der Waals surface area contributed by atoms with Crippen molar-refractivity contribution < 1.29 is 22.4 Å². The first-order valence-electron chi connectivity index (χ1n) is 9.41. The van der Waals surface area contributed by atoms with Crippen molar-refractivity contribution in [3.8, 4) is 0 Å². The highest BCUT2D eigenvalue weighted by Crippen LogP contribution is 2.15. The Kier molecular flexibility index (Phi) is 7.36. The SMILES string of the molecule is CN(CC(=O)N1CCN(CC(=O)NC(C)(C)C)CC1)S(=O)(=O)c1ccc(F)cc1. The molecule has 1 aliphatic rings. The predicted molar refractivity (Wildman–Crippen MR) is 107 cm³/mol. The maximum atomic E-state index is 13.0. The number of nitrogens with one attached hydrogen (secondary N) is 1. The quantitative estimate of drug-likeness (QED) is 0.713. The van der Waals surface area contributed by atoms with E-state index < -0.39 is 15.8 Å². The summed E-state index contributed by atoms with van der Waals surface area (Å²) in [6.07, 6.45) is 0. The Bertz CT molecular complexity index is 829. The van der Waals surface area contributed by atoms with Crippen molar-refractivity contribution in [1.82, 2.24) is 19.4 Å². The van der Waals surface area contributed by atoms with Gasteiger partial charge in [0, 0.05) is 38.8 Å². The van der Waals surface area contributed by atoms with Crippen molar-refractivity contribution in [2.45, 2.75) is 31.2 Å². The molecule has 162 valence electrons. The average Bonchev–Trinajstić information content (AvgIpc) is 2.60. The van der Waals surface area contributed by atoms with Gasteiger partial charge in [-0.3, -0.25) is 14.5 Å². The maximum absolute atomic E-state index is 13.0. The number of likely N-dealkylation sites (N-methyl/N-ethyl adjacent to an activating group) is 1. The predicted octanol–water partition coefficient (Wildman–Crippen LogP) is 0.505. The zero-order valence-corrected chi connectivity index (χ0v) is 18.1. The van der Waals surface area contributed by atoms with E-state index in [2.05, 4.69) is 5.32 Å². The number of benzene rings is 1. The van der Waals surface area contributed by atoms with Crippen LogP contribution in [0.5, 0.6) is 0 Å². The number of rotatable bonds is 6. The standard InChI is InChI=1S/C19H29FN4O4S/c1-19(2,3)21-17(25)13-23-9-11-24(12-10-23)18(26)14-22(4)29(27,28)16-7-5-15(20)6-8-16/h5-8H,9-14H2,1-4H3,(H,21,25). The zero-order valence-electron chi connectivity index (χ0n) is 17.3. The minimum atomic E-state index is -3.88. The van der Waals surface area contributed by atoms with Crippen LogP contribution in [-0.2, 0) is 19.6 Å². The molecule has 10 heteroatoms. The largest absolute Gasteiger partial charge is 0.350 e. The zero-order chi connectivity index (χ0) is 21.8. The lowest BCUT2D eigenvalue weighted by Gasteiger charge is -2.35. The van der Waals surface area contributed by atoms with Crippen molar-refractivity contribution >= 4 is 21.8 Å². The minimum Gasteiger partial charge on any atom is -0.350 e. The van der Waals surface area contributed by atoms with Crippen molar-refractivity contribution in [3.63, 3.8) is 0 Å². The number of nitrogens with zero attached hydrogens (tertiary/aromatic N) is 3. The van der Waals surface area contributed by atoms with Gasteiger partial charge in [0.1, 0.15) is 5.82 Å². The van der Waals surface area contributed by atoms with Crippen LogP contribution in [0.4, 0.5) is 4.39 Å². The molecule has 0 saturated carbocycles. The molecule has 2 rings (SSSR count). The van der Waals surface area contributed by atoms with Crippen LogP contribution >= 0.6 is 0 Å². The number of piperazine rings is 1. The Morgan fingerprint density at radius 1 is 1.10 bits per heavy atom. The van der Waals surface area contributed by atoms with E-state index >= 15 is 0 Å². The minimum absolute atomic E-state index is 0.0659. The van der Waals surface area contributed by atoms with Gasteiger partial charge in [0.05, 0.1) is 18.0 Å². The fourth-order valence-electron chi connectivity index (χ4n) is 2.98. The van der Waals surface area contributed by atoms with E-state index in [0.29, 0.717) is 26.2 Å².